The SMILES string of the molecule is FCCCSC(c1ccccc1)(c1ccccc1)c1ccccc1.[F-].[K+]. The zero-order valence-electron chi connectivity index (χ0n) is 14.9. The molecule has 0 saturated heterocycles. The van der Waals surface area contributed by atoms with Gasteiger partial charge in [-0.25, -0.2) is 0 Å². The van der Waals surface area contributed by atoms with Crippen LogP contribution in [0, 0.1) is 0 Å². The van der Waals surface area contributed by atoms with Crippen LogP contribution >= 0.6 is 11.8 Å². The van der Waals surface area contributed by atoms with Gasteiger partial charge in [0.1, 0.15) is 0 Å². The van der Waals surface area contributed by atoms with Gasteiger partial charge in [0.2, 0.25) is 0 Å². The Morgan fingerprint density at radius 3 is 1.31 bits per heavy atom. The molecule has 0 nitrogen and oxygen atoms in total. The van der Waals surface area contributed by atoms with Gasteiger partial charge in [0.25, 0.3) is 0 Å². The van der Waals surface area contributed by atoms with Gasteiger partial charge in [-0.2, -0.15) is 0 Å². The van der Waals surface area contributed by atoms with Gasteiger partial charge in [0, 0.05) is 0 Å². The van der Waals surface area contributed by atoms with E-state index >= 15 is 0 Å². The van der Waals surface area contributed by atoms with Crippen molar-refractivity contribution >= 4 is 11.8 Å². The fourth-order valence-electron chi connectivity index (χ4n) is 3.05. The molecule has 0 fully saturated rings. The summed E-state index contributed by atoms with van der Waals surface area (Å²) in [4.78, 5) is 0. The first-order chi connectivity index (χ1) is 11.9. The van der Waals surface area contributed by atoms with Crippen LogP contribution in [0.3, 0.4) is 0 Å². The number of halogens is 2. The normalized spacial score (nSPS) is 10.5. The van der Waals surface area contributed by atoms with Crippen LogP contribution in [-0.2, 0) is 4.75 Å². The number of hydrogen-bond donors (Lipinski definition) is 0. The molecule has 0 N–H and O–H groups in total. The van der Waals surface area contributed by atoms with E-state index in [9.17, 15) is 4.39 Å². The average Bonchev–Trinajstić information content (AvgIpc) is 2.68. The zero-order valence-corrected chi connectivity index (χ0v) is 18.9. The van der Waals surface area contributed by atoms with E-state index in [1.807, 2.05) is 30.0 Å². The monoisotopic (exact) mass is 394 g/mol. The van der Waals surface area contributed by atoms with Crippen molar-refractivity contribution in [3.05, 3.63) is 108 Å². The molecular weight excluding hydrogens is 373 g/mol. The van der Waals surface area contributed by atoms with E-state index in [1.54, 1.807) is 0 Å². The quantitative estimate of drug-likeness (QED) is 0.311. The van der Waals surface area contributed by atoms with Crippen molar-refractivity contribution in [3.63, 3.8) is 0 Å². The molecule has 0 saturated carbocycles. The van der Waals surface area contributed by atoms with Gasteiger partial charge < -0.3 is 4.70 Å². The van der Waals surface area contributed by atoms with E-state index in [2.05, 4.69) is 72.8 Å². The van der Waals surface area contributed by atoms with Gasteiger partial charge in [0.15, 0.2) is 0 Å². The van der Waals surface area contributed by atoms with Crippen molar-refractivity contribution in [2.45, 2.75) is 11.2 Å². The van der Waals surface area contributed by atoms with Gasteiger partial charge in [0.05, 0.1) is 11.4 Å². The molecule has 0 spiro atoms. The first-order valence-corrected chi connectivity index (χ1v) is 9.23. The smallest absolute Gasteiger partial charge is 1.00 e. The Labute approximate surface area is 201 Å². The summed E-state index contributed by atoms with van der Waals surface area (Å²) < 4.78 is 12.4. The molecule has 3 aromatic rings. The minimum absolute atomic E-state index is 0. The second-order valence-corrected chi connectivity index (χ2v) is 6.98. The Bertz CT molecular complexity index is 639. The van der Waals surface area contributed by atoms with E-state index in [-0.39, 0.29) is 67.5 Å². The predicted octanol–water partition coefficient (Wildman–Crippen LogP) is 0.0793. The van der Waals surface area contributed by atoms with Crippen LogP contribution in [0.1, 0.15) is 23.1 Å². The fourth-order valence-corrected chi connectivity index (χ4v) is 4.52. The zero-order chi connectivity index (χ0) is 16.7. The topological polar surface area (TPSA) is 0 Å². The van der Waals surface area contributed by atoms with E-state index < -0.39 is 0 Å². The maximum atomic E-state index is 12.8. The van der Waals surface area contributed by atoms with Gasteiger partial charge >= 0.3 is 51.4 Å². The molecule has 0 aromatic heterocycles. The molecule has 26 heavy (non-hydrogen) atoms. The average molecular weight is 395 g/mol. The van der Waals surface area contributed by atoms with Crippen LogP contribution in [0.15, 0.2) is 91.0 Å². The molecule has 0 bridgehead atoms. The van der Waals surface area contributed by atoms with Crippen LogP contribution in [0.4, 0.5) is 4.39 Å². The van der Waals surface area contributed by atoms with Crippen molar-refractivity contribution in [2.75, 3.05) is 12.4 Å². The first-order valence-electron chi connectivity index (χ1n) is 8.24. The molecule has 0 aliphatic carbocycles. The Hall–Kier alpha value is -0.494. The van der Waals surface area contributed by atoms with Gasteiger partial charge in [-0.1, -0.05) is 91.0 Å². The summed E-state index contributed by atoms with van der Waals surface area (Å²) in [7, 11) is 0. The molecule has 0 heterocycles. The molecule has 130 valence electrons. The molecule has 0 atom stereocenters. The fraction of sp³-hybridized carbons (Fsp3) is 0.182. The summed E-state index contributed by atoms with van der Waals surface area (Å²) in [5.41, 5.74) is 3.68. The molecule has 0 radical (unpaired) electrons. The molecule has 0 aliphatic rings. The van der Waals surface area contributed by atoms with Crippen molar-refractivity contribution in [3.8, 4) is 0 Å². The van der Waals surface area contributed by atoms with Crippen molar-refractivity contribution in [2.24, 2.45) is 0 Å². The van der Waals surface area contributed by atoms with Gasteiger partial charge in [-0.15, -0.1) is 11.8 Å². The molecule has 3 aromatic carbocycles. The predicted molar refractivity (Wildman–Crippen MR) is 102 cm³/mol. The molecular formula is C22H21F2KS. The van der Waals surface area contributed by atoms with Gasteiger partial charge in [-0.05, 0) is 28.9 Å². The van der Waals surface area contributed by atoms with Crippen LogP contribution < -0.4 is 56.1 Å². The van der Waals surface area contributed by atoms with Gasteiger partial charge in [-0.3, -0.25) is 4.39 Å². The largest absolute Gasteiger partial charge is 1.00 e. The van der Waals surface area contributed by atoms with Crippen molar-refractivity contribution in [1.29, 1.82) is 0 Å². The maximum Gasteiger partial charge on any atom is 1.00 e. The minimum atomic E-state index is -0.320. The maximum absolute atomic E-state index is 12.8. The van der Waals surface area contributed by atoms with E-state index in [1.165, 1.54) is 16.7 Å². The second kappa shape index (κ2) is 12.1. The number of rotatable bonds is 7. The third kappa shape index (κ3) is 5.28. The van der Waals surface area contributed by atoms with Crippen LogP contribution in [0.5, 0.6) is 0 Å². The van der Waals surface area contributed by atoms with Crippen molar-refractivity contribution in [1.82, 2.24) is 0 Å². The second-order valence-electron chi connectivity index (χ2n) is 5.67. The number of thioether (sulfide) groups is 1. The standard InChI is InChI=1S/C22H21FS.FH.K/c23-17-10-18-24-22(19-11-4-1-5-12-19,20-13-6-2-7-14-20)21-15-8-3-9-16-21;;/h1-9,11-16H,10,17-18H2;1H;/q;;+1/p-1. The summed E-state index contributed by atoms with van der Waals surface area (Å²) in [6.45, 7) is -0.276. The molecule has 4 heteroatoms. The summed E-state index contributed by atoms with van der Waals surface area (Å²) in [6.07, 6.45) is 0.568. The van der Waals surface area contributed by atoms with Crippen molar-refractivity contribution < 1.29 is 60.5 Å². The Kier molecular flexibility index (Phi) is 10.9. The third-order valence-corrected chi connectivity index (χ3v) is 5.77. The van der Waals surface area contributed by atoms with Crippen LogP contribution in [0.25, 0.3) is 0 Å². The van der Waals surface area contributed by atoms with E-state index in [0.29, 0.717) is 6.42 Å². The van der Waals surface area contributed by atoms with E-state index in [4.69, 9.17) is 0 Å². The molecule has 0 unspecified atom stereocenters. The minimum Gasteiger partial charge on any atom is -1.00 e. The Morgan fingerprint density at radius 1 is 0.654 bits per heavy atom. The number of hydrogen-bond acceptors (Lipinski definition) is 1. The number of benzene rings is 3. The first kappa shape index (κ1) is 23.5. The summed E-state index contributed by atoms with van der Waals surface area (Å²) >= 11 is 1.81. The Balaban J connectivity index is 0.00000169. The van der Waals surface area contributed by atoms with E-state index in [0.717, 1.165) is 5.75 Å². The number of alkyl halides is 1. The molecule has 0 amide bonds. The van der Waals surface area contributed by atoms with Crippen LogP contribution in [-0.4, -0.2) is 12.4 Å². The Morgan fingerprint density at radius 2 is 1.00 bits per heavy atom. The summed E-state index contributed by atoms with van der Waals surface area (Å²) in [5.74, 6) is 0.773. The summed E-state index contributed by atoms with van der Waals surface area (Å²) in [6, 6.07) is 31.6. The third-order valence-electron chi connectivity index (χ3n) is 4.14. The van der Waals surface area contributed by atoms with Crippen LogP contribution in [0.2, 0.25) is 0 Å². The molecule has 3 rings (SSSR count). The summed E-state index contributed by atoms with van der Waals surface area (Å²) in [5, 5.41) is 0. The molecule has 0 aliphatic heterocycles.